The standard InChI is InChI=1S/C23H21FN2OS/c24-17-10-12-18(13-11-17)25-23(27)22(16-6-2-1-3-7-16)26-20-14-15-28-21-9-5-4-8-19(20)21/h1-13,20,22,26H,14-15H2,(H,25,27)/p+1/t20-,22+/m1/s1. The fraction of sp³-hybridized carbons (Fsp3) is 0.174. The second kappa shape index (κ2) is 8.59. The van der Waals surface area contributed by atoms with Crippen LogP contribution in [0, 0.1) is 5.82 Å². The average Bonchev–Trinajstić information content (AvgIpc) is 2.74. The van der Waals surface area contributed by atoms with Gasteiger partial charge in [-0.25, -0.2) is 4.39 Å². The van der Waals surface area contributed by atoms with Crippen LogP contribution in [0.5, 0.6) is 0 Å². The molecule has 0 saturated heterocycles. The van der Waals surface area contributed by atoms with E-state index in [4.69, 9.17) is 0 Å². The van der Waals surface area contributed by atoms with Crippen LogP contribution in [0.2, 0.25) is 0 Å². The summed E-state index contributed by atoms with van der Waals surface area (Å²) in [6.07, 6.45) is 1.01. The van der Waals surface area contributed by atoms with Crippen LogP contribution in [0.1, 0.15) is 29.6 Å². The van der Waals surface area contributed by atoms with Gasteiger partial charge in [-0.05, 0) is 30.3 Å². The Labute approximate surface area is 168 Å². The van der Waals surface area contributed by atoms with Gasteiger partial charge in [-0.1, -0.05) is 48.5 Å². The summed E-state index contributed by atoms with van der Waals surface area (Å²) in [5.41, 5.74) is 2.84. The second-order valence-corrected chi connectivity index (χ2v) is 8.00. The van der Waals surface area contributed by atoms with E-state index >= 15 is 0 Å². The predicted molar refractivity (Wildman–Crippen MR) is 111 cm³/mol. The number of carbonyl (C=O) groups excluding carboxylic acids is 1. The van der Waals surface area contributed by atoms with Crippen LogP contribution >= 0.6 is 11.8 Å². The molecule has 3 N–H and O–H groups in total. The first-order chi connectivity index (χ1) is 13.7. The van der Waals surface area contributed by atoms with Crippen molar-refractivity contribution in [2.45, 2.75) is 23.4 Å². The van der Waals surface area contributed by atoms with E-state index in [1.54, 1.807) is 12.1 Å². The fourth-order valence-electron chi connectivity index (χ4n) is 3.57. The van der Waals surface area contributed by atoms with Gasteiger partial charge in [0.1, 0.15) is 11.9 Å². The minimum atomic E-state index is -0.382. The van der Waals surface area contributed by atoms with Crippen LogP contribution in [0.3, 0.4) is 0 Å². The molecule has 0 aromatic heterocycles. The summed E-state index contributed by atoms with van der Waals surface area (Å²) in [4.78, 5) is 14.4. The van der Waals surface area contributed by atoms with Gasteiger partial charge in [-0.15, -0.1) is 11.8 Å². The van der Waals surface area contributed by atoms with Crippen LogP contribution in [-0.2, 0) is 4.79 Å². The molecular formula is C23H22FN2OS+. The van der Waals surface area contributed by atoms with E-state index in [-0.39, 0.29) is 23.8 Å². The molecule has 3 aromatic carbocycles. The lowest BCUT2D eigenvalue weighted by atomic mass is 9.99. The highest BCUT2D eigenvalue weighted by Gasteiger charge is 2.31. The molecule has 1 aliphatic rings. The van der Waals surface area contributed by atoms with Crippen LogP contribution in [0.4, 0.5) is 10.1 Å². The molecule has 3 nitrogen and oxygen atoms in total. The molecule has 0 spiro atoms. The molecule has 3 aromatic rings. The minimum Gasteiger partial charge on any atom is -0.326 e. The lowest BCUT2D eigenvalue weighted by Gasteiger charge is -2.27. The predicted octanol–water partition coefficient (Wildman–Crippen LogP) is 4.31. The van der Waals surface area contributed by atoms with E-state index in [0.29, 0.717) is 5.69 Å². The Hall–Kier alpha value is -2.63. The first-order valence-electron chi connectivity index (χ1n) is 9.39. The zero-order valence-corrected chi connectivity index (χ0v) is 16.2. The molecule has 0 radical (unpaired) electrons. The number of carbonyl (C=O) groups is 1. The number of rotatable bonds is 5. The molecule has 1 heterocycles. The van der Waals surface area contributed by atoms with Crippen LogP contribution in [-0.4, -0.2) is 11.7 Å². The van der Waals surface area contributed by atoms with Gasteiger partial charge >= 0.3 is 0 Å². The van der Waals surface area contributed by atoms with Crippen LogP contribution in [0.15, 0.2) is 83.8 Å². The third-order valence-corrected chi connectivity index (χ3v) is 6.11. The summed E-state index contributed by atoms with van der Waals surface area (Å²) in [7, 11) is 0. The van der Waals surface area contributed by atoms with Crippen molar-refractivity contribution in [1.82, 2.24) is 0 Å². The van der Waals surface area contributed by atoms with Crippen molar-refractivity contribution in [2.24, 2.45) is 0 Å². The molecule has 2 atom stereocenters. The van der Waals surface area contributed by atoms with Crippen molar-refractivity contribution in [1.29, 1.82) is 0 Å². The first-order valence-corrected chi connectivity index (χ1v) is 10.4. The molecule has 4 rings (SSSR count). The number of hydrogen-bond donors (Lipinski definition) is 2. The van der Waals surface area contributed by atoms with Crippen molar-refractivity contribution >= 4 is 23.4 Å². The van der Waals surface area contributed by atoms with Gasteiger partial charge in [0.2, 0.25) is 0 Å². The lowest BCUT2D eigenvalue weighted by molar-refractivity contribution is -0.722. The molecule has 1 amide bonds. The maximum Gasteiger partial charge on any atom is 0.287 e. The highest BCUT2D eigenvalue weighted by Crippen LogP contribution is 2.34. The summed E-state index contributed by atoms with van der Waals surface area (Å²) in [6, 6.07) is 24.0. The minimum absolute atomic E-state index is 0.103. The maximum atomic E-state index is 13.2. The number of thioether (sulfide) groups is 1. The van der Waals surface area contributed by atoms with E-state index < -0.39 is 0 Å². The molecule has 142 valence electrons. The van der Waals surface area contributed by atoms with Gasteiger partial charge in [0, 0.05) is 33.9 Å². The highest BCUT2D eigenvalue weighted by molar-refractivity contribution is 7.99. The summed E-state index contributed by atoms with van der Waals surface area (Å²) >= 11 is 1.87. The zero-order chi connectivity index (χ0) is 19.3. The molecule has 5 heteroatoms. The van der Waals surface area contributed by atoms with E-state index in [2.05, 4.69) is 34.9 Å². The van der Waals surface area contributed by atoms with Gasteiger partial charge in [0.05, 0.1) is 0 Å². The normalized spacial score (nSPS) is 16.8. The number of nitrogens with one attached hydrogen (secondary N) is 1. The second-order valence-electron chi connectivity index (χ2n) is 6.86. The number of nitrogens with two attached hydrogens (primary N) is 1. The molecule has 0 aliphatic carbocycles. The largest absolute Gasteiger partial charge is 0.326 e. The van der Waals surface area contributed by atoms with Gasteiger partial charge in [0.15, 0.2) is 6.04 Å². The summed E-state index contributed by atoms with van der Waals surface area (Å²) in [5, 5.41) is 5.10. The summed E-state index contributed by atoms with van der Waals surface area (Å²) in [5.74, 6) is 0.619. The smallest absolute Gasteiger partial charge is 0.287 e. The molecule has 0 bridgehead atoms. The number of hydrogen-bond acceptors (Lipinski definition) is 2. The Morgan fingerprint density at radius 1 is 1.00 bits per heavy atom. The maximum absolute atomic E-state index is 13.2. The third-order valence-electron chi connectivity index (χ3n) is 4.98. The Kier molecular flexibility index (Phi) is 5.74. The molecule has 0 unspecified atom stereocenters. The Morgan fingerprint density at radius 2 is 1.71 bits per heavy atom. The quantitative estimate of drug-likeness (QED) is 0.679. The van der Waals surface area contributed by atoms with E-state index in [1.165, 1.54) is 22.6 Å². The Morgan fingerprint density at radius 3 is 2.50 bits per heavy atom. The van der Waals surface area contributed by atoms with Crippen molar-refractivity contribution < 1.29 is 14.5 Å². The van der Waals surface area contributed by atoms with Crippen molar-refractivity contribution in [3.05, 3.63) is 95.8 Å². The van der Waals surface area contributed by atoms with E-state index in [0.717, 1.165) is 17.7 Å². The van der Waals surface area contributed by atoms with Crippen molar-refractivity contribution in [3.8, 4) is 0 Å². The fourth-order valence-corrected chi connectivity index (χ4v) is 4.72. The van der Waals surface area contributed by atoms with Gasteiger partial charge < -0.3 is 10.6 Å². The van der Waals surface area contributed by atoms with Crippen molar-refractivity contribution in [3.63, 3.8) is 0 Å². The molecule has 28 heavy (non-hydrogen) atoms. The van der Waals surface area contributed by atoms with E-state index in [9.17, 15) is 9.18 Å². The van der Waals surface area contributed by atoms with Crippen LogP contribution in [0.25, 0.3) is 0 Å². The molecule has 0 saturated carbocycles. The van der Waals surface area contributed by atoms with Crippen molar-refractivity contribution in [2.75, 3.05) is 11.1 Å². The third kappa shape index (κ3) is 4.26. The summed E-state index contributed by atoms with van der Waals surface area (Å²) in [6.45, 7) is 0. The number of quaternary nitrogens is 1. The highest BCUT2D eigenvalue weighted by atomic mass is 32.2. The summed E-state index contributed by atoms with van der Waals surface area (Å²) < 4.78 is 13.2. The number of benzene rings is 3. The topological polar surface area (TPSA) is 45.7 Å². The first kappa shape index (κ1) is 18.7. The molecular weight excluding hydrogens is 371 g/mol. The molecule has 1 aliphatic heterocycles. The molecule has 0 fully saturated rings. The van der Waals surface area contributed by atoms with Gasteiger partial charge in [-0.2, -0.15) is 0 Å². The van der Waals surface area contributed by atoms with Gasteiger partial charge in [-0.3, -0.25) is 4.79 Å². The van der Waals surface area contributed by atoms with Crippen LogP contribution < -0.4 is 10.6 Å². The lowest BCUT2D eigenvalue weighted by Crippen LogP contribution is -2.88. The average molecular weight is 394 g/mol. The number of halogens is 1. The number of anilines is 1. The number of amides is 1. The SMILES string of the molecule is O=C(Nc1ccc(F)cc1)[C@@H]([NH2+][C@@H]1CCSc2ccccc21)c1ccccc1. The van der Waals surface area contributed by atoms with Gasteiger partial charge in [0.25, 0.3) is 5.91 Å². The number of fused-ring (bicyclic) bond motifs is 1. The Bertz CT molecular complexity index is 946. The monoisotopic (exact) mass is 393 g/mol. The Balaban J connectivity index is 1.60. The van der Waals surface area contributed by atoms with E-state index in [1.807, 2.05) is 42.1 Å². The zero-order valence-electron chi connectivity index (χ0n) is 15.3.